The predicted octanol–water partition coefficient (Wildman–Crippen LogP) is 13.3. The fourth-order valence-electron chi connectivity index (χ4n) is 12.5. The highest BCUT2D eigenvalue weighted by atomic mass is 32.2. The molecular formula is C64H49B2N5S. The summed E-state index contributed by atoms with van der Waals surface area (Å²) in [4.78, 5) is 11.1. The summed E-state index contributed by atoms with van der Waals surface area (Å²) in [6, 6.07) is 49.6. The van der Waals surface area contributed by atoms with Gasteiger partial charge in [0.1, 0.15) is 0 Å². The van der Waals surface area contributed by atoms with E-state index in [2.05, 4.69) is 257 Å². The lowest BCUT2D eigenvalue weighted by Gasteiger charge is -2.50. The predicted molar refractivity (Wildman–Crippen MR) is 307 cm³/mol. The smallest absolute Gasteiger partial charge is 0.251 e. The maximum Gasteiger partial charge on any atom is 0.251 e. The van der Waals surface area contributed by atoms with Gasteiger partial charge in [0.05, 0.1) is 17.1 Å². The minimum Gasteiger partial charge on any atom is -0.360 e. The van der Waals surface area contributed by atoms with E-state index in [1.807, 2.05) is 23.9 Å². The zero-order chi connectivity index (χ0) is 48.1. The first-order valence-electron chi connectivity index (χ1n) is 25.2. The highest BCUT2D eigenvalue weighted by Gasteiger charge is 2.53. The zero-order valence-electron chi connectivity index (χ0n) is 40.5. The zero-order valence-corrected chi connectivity index (χ0v) is 41.3. The third-order valence-corrected chi connectivity index (χ3v) is 16.8. The maximum atomic E-state index is 4.23. The van der Waals surface area contributed by atoms with Gasteiger partial charge in [0, 0.05) is 90.8 Å². The number of allylic oxidation sites excluding steroid dienone is 13. The number of hydrogen-bond donors (Lipinski definition) is 1. The fraction of sp³-hybridized carbons (Fsp3) is 0.0938. The van der Waals surface area contributed by atoms with Crippen molar-refractivity contribution in [3.8, 4) is 0 Å². The second-order valence-corrected chi connectivity index (χ2v) is 21.1. The Balaban J connectivity index is 0.994. The molecule has 6 aromatic rings. The molecule has 4 aliphatic heterocycles. The van der Waals surface area contributed by atoms with E-state index < -0.39 is 0 Å². The van der Waals surface area contributed by atoms with Gasteiger partial charge in [-0.15, -0.1) is 23.2 Å². The molecule has 0 fully saturated rings. The number of nitrogens with zero attached hydrogens (tertiary/aromatic N) is 4. The van der Waals surface area contributed by atoms with Crippen LogP contribution in [0.3, 0.4) is 0 Å². The van der Waals surface area contributed by atoms with Crippen molar-refractivity contribution in [2.24, 2.45) is 0 Å². The number of fused-ring (bicyclic) bond motifs is 7. The number of para-hydroxylation sites is 4. The van der Waals surface area contributed by atoms with Crippen LogP contribution in [0, 0.1) is 0 Å². The van der Waals surface area contributed by atoms with Crippen LogP contribution in [0.15, 0.2) is 268 Å². The third kappa shape index (κ3) is 6.47. The van der Waals surface area contributed by atoms with Crippen LogP contribution >= 0.6 is 11.8 Å². The molecule has 0 amide bonds. The van der Waals surface area contributed by atoms with Crippen molar-refractivity contribution in [3.05, 3.63) is 263 Å². The van der Waals surface area contributed by atoms with Crippen molar-refractivity contribution in [2.75, 3.05) is 24.9 Å². The molecule has 342 valence electrons. The van der Waals surface area contributed by atoms with Gasteiger partial charge in [-0.3, -0.25) is 0 Å². The SMILES string of the molecule is C/C=C\C(=C/C)N(c1ccccc1)c1cc2c3c(c1)N(C1=CC=C=C1)c1ccccc1B3C1=CC3=C(CC1(C)S2)Nc1cc(N(C2=CCC=C2)c2ccccc2)cc2c1B3c1ccccc1N2C1=CC=C=C1. The van der Waals surface area contributed by atoms with Crippen LogP contribution in [0.2, 0.25) is 0 Å². The number of benzene rings is 6. The van der Waals surface area contributed by atoms with E-state index in [-0.39, 0.29) is 18.2 Å². The van der Waals surface area contributed by atoms with E-state index in [0.29, 0.717) is 0 Å². The van der Waals surface area contributed by atoms with Crippen molar-refractivity contribution in [1.29, 1.82) is 0 Å². The van der Waals surface area contributed by atoms with Gasteiger partial charge in [-0.1, -0.05) is 114 Å². The molecule has 14 rings (SSSR count). The molecule has 0 aromatic heterocycles. The van der Waals surface area contributed by atoms with E-state index in [1.54, 1.807) is 0 Å². The summed E-state index contributed by atoms with van der Waals surface area (Å²) in [5, 5.41) is 4.23. The minimum absolute atomic E-state index is 0.00763. The summed E-state index contributed by atoms with van der Waals surface area (Å²) in [5.41, 5.74) is 31.2. The summed E-state index contributed by atoms with van der Waals surface area (Å²) in [6.45, 7) is 6.78. The Bertz CT molecular complexity index is 3750. The average molecular weight is 942 g/mol. The number of thioether (sulfide) groups is 1. The van der Waals surface area contributed by atoms with Crippen LogP contribution < -0.4 is 46.8 Å². The Morgan fingerprint density at radius 2 is 1.33 bits per heavy atom. The van der Waals surface area contributed by atoms with E-state index in [4.69, 9.17) is 0 Å². The van der Waals surface area contributed by atoms with Crippen LogP contribution in [0.25, 0.3) is 0 Å². The molecule has 0 spiro atoms. The normalized spacial score (nSPS) is 19.1. The van der Waals surface area contributed by atoms with Crippen LogP contribution in [0.4, 0.5) is 51.2 Å². The second-order valence-electron chi connectivity index (χ2n) is 19.6. The lowest BCUT2D eigenvalue weighted by molar-refractivity contribution is 0.743. The fourth-order valence-corrected chi connectivity index (χ4v) is 14.0. The Labute approximate surface area is 427 Å². The Morgan fingerprint density at radius 1 is 0.694 bits per heavy atom. The van der Waals surface area contributed by atoms with E-state index >= 15 is 0 Å². The van der Waals surface area contributed by atoms with Gasteiger partial charge < -0.3 is 24.9 Å². The Morgan fingerprint density at radius 3 is 1.97 bits per heavy atom. The van der Waals surface area contributed by atoms with Gasteiger partial charge in [-0.25, -0.2) is 0 Å². The van der Waals surface area contributed by atoms with Crippen molar-refractivity contribution in [1.82, 2.24) is 0 Å². The molecule has 6 aromatic carbocycles. The number of rotatable bonds is 9. The highest BCUT2D eigenvalue weighted by Crippen LogP contribution is 2.56. The summed E-state index contributed by atoms with van der Waals surface area (Å²) in [5.74, 6) is 0. The molecule has 4 aliphatic carbocycles. The molecule has 1 unspecified atom stereocenters. The van der Waals surface area contributed by atoms with Crippen molar-refractivity contribution in [3.63, 3.8) is 0 Å². The first-order valence-corrected chi connectivity index (χ1v) is 26.0. The molecular weight excluding hydrogens is 892 g/mol. The van der Waals surface area contributed by atoms with E-state index in [0.717, 1.165) is 58.4 Å². The standard InChI is InChI=1S/C64H49B2N5S/c1-4-22-43(5-2)68(44-23-8-6-9-24-44)50-39-59-63-60(40-50)72-64(3)42-55-53(41-61(64)66(63)52-34-19-21-36-57(52)71(59)48-31-16-17-32-48)65-51-33-18-20-35-56(51)70(47-29-14-15-30-47)58-38-49(37-54(67-55)62(58)65)69(46-27-12-13-28-46)45-25-10-7-11-26-45/h4-12,14,16,18-41,67H,13,42H2,1-3H3/b22-4-,43-5+. The summed E-state index contributed by atoms with van der Waals surface area (Å²) in [6.07, 6.45) is 30.5. The number of anilines is 9. The van der Waals surface area contributed by atoms with Crippen LogP contribution in [0.5, 0.6) is 0 Å². The summed E-state index contributed by atoms with van der Waals surface area (Å²) >= 11 is 2.04. The van der Waals surface area contributed by atoms with Crippen molar-refractivity contribution in [2.45, 2.75) is 43.3 Å². The molecule has 0 saturated heterocycles. The quantitative estimate of drug-likeness (QED) is 0.0881. The van der Waals surface area contributed by atoms with Gasteiger partial charge in [0.2, 0.25) is 6.71 Å². The van der Waals surface area contributed by atoms with Crippen LogP contribution in [-0.2, 0) is 0 Å². The lowest BCUT2D eigenvalue weighted by Crippen LogP contribution is -2.61. The maximum absolute atomic E-state index is 4.23. The molecule has 0 radical (unpaired) electrons. The summed E-state index contributed by atoms with van der Waals surface area (Å²) < 4.78 is -0.286. The van der Waals surface area contributed by atoms with Crippen LogP contribution in [0.1, 0.15) is 33.6 Å². The van der Waals surface area contributed by atoms with Gasteiger partial charge in [-0.05, 0) is 146 Å². The second kappa shape index (κ2) is 16.7. The molecule has 8 heteroatoms. The average Bonchev–Trinajstić information content (AvgIpc) is 4.25. The first kappa shape index (κ1) is 42.6. The van der Waals surface area contributed by atoms with Gasteiger partial charge in [-0.2, -0.15) is 0 Å². The largest absolute Gasteiger partial charge is 0.360 e. The monoisotopic (exact) mass is 941 g/mol. The van der Waals surface area contributed by atoms with Gasteiger partial charge in [0.15, 0.2) is 0 Å². The molecule has 0 bridgehead atoms. The first-order chi connectivity index (χ1) is 35.5. The molecule has 8 aliphatic rings. The molecule has 5 nitrogen and oxygen atoms in total. The molecule has 1 N–H and O–H groups in total. The highest BCUT2D eigenvalue weighted by molar-refractivity contribution is 8.01. The molecule has 4 heterocycles. The Kier molecular flexibility index (Phi) is 9.88. The number of nitrogens with one attached hydrogen (secondary N) is 1. The molecule has 0 saturated carbocycles. The van der Waals surface area contributed by atoms with Crippen molar-refractivity contribution < 1.29 is 0 Å². The lowest BCUT2D eigenvalue weighted by atomic mass is 9.28. The Hall–Kier alpha value is -8.24. The third-order valence-electron chi connectivity index (χ3n) is 15.4. The molecule has 1 atom stereocenters. The van der Waals surface area contributed by atoms with Crippen molar-refractivity contribution >= 4 is 98.2 Å². The van der Waals surface area contributed by atoms with E-state index in [1.165, 1.54) is 71.8 Å². The van der Waals surface area contributed by atoms with Gasteiger partial charge in [0.25, 0.3) is 6.71 Å². The van der Waals surface area contributed by atoms with E-state index in [9.17, 15) is 0 Å². The molecule has 72 heavy (non-hydrogen) atoms. The topological polar surface area (TPSA) is 25.0 Å². The van der Waals surface area contributed by atoms with Gasteiger partial charge >= 0.3 is 0 Å². The van der Waals surface area contributed by atoms with Crippen LogP contribution in [-0.4, -0.2) is 18.2 Å². The summed E-state index contributed by atoms with van der Waals surface area (Å²) in [7, 11) is 0. The minimum atomic E-state index is -0.286. The number of hydrogen-bond acceptors (Lipinski definition) is 6.